The molecule has 0 aromatic rings. The van der Waals surface area contributed by atoms with E-state index < -0.39 is 0 Å². The molecule has 0 heterocycles. The molecule has 132 valence electrons. The van der Waals surface area contributed by atoms with Gasteiger partial charge < -0.3 is 4.74 Å². The second kappa shape index (κ2) is 9.46. The van der Waals surface area contributed by atoms with E-state index in [1.807, 2.05) is 25.2 Å². The van der Waals surface area contributed by atoms with Crippen molar-refractivity contribution in [1.29, 1.82) is 0 Å². The van der Waals surface area contributed by atoms with Crippen LogP contribution in [0.25, 0.3) is 0 Å². The lowest BCUT2D eigenvalue weighted by Gasteiger charge is -2.32. The van der Waals surface area contributed by atoms with Crippen LogP contribution in [-0.2, 0) is 9.53 Å². The van der Waals surface area contributed by atoms with E-state index in [0.29, 0.717) is 6.61 Å². The van der Waals surface area contributed by atoms with Gasteiger partial charge in [-0.15, -0.1) is 0 Å². The van der Waals surface area contributed by atoms with Crippen molar-refractivity contribution >= 4 is 5.97 Å². The molecule has 0 spiro atoms. The first-order valence-corrected chi connectivity index (χ1v) is 8.76. The number of carbonyl (C=O) groups is 1. The van der Waals surface area contributed by atoms with Gasteiger partial charge in [0.25, 0.3) is 0 Å². The van der Waals surface area contributed by atoms with E-state index in [1.165, 1.54) is 42.9 Å². The van der Waals surface area contributed by atoms with Gasteiger partial charge in [0.1, 0.15) is 6.61 Å². The zero-order valence-electron chi connectivity index (χ0n) is 16.1. The van der Waals surface area contributed by atoms with E-state index in [1.54, 1.807) is 0 Å². The average Bonchev–Trinajstić information content (AvgIpc) is 2.45. The van der Waals surface area contributed by atoms with Crippen LogP contribution >= 0.6 is 0 Å². The van der Waals surface area contributed by atoms with E-state index in [2.05, 4.69) is 45.9 Å². The molecular formula is C22H32O2. The van der Waals surface area contributed by atoms with Crippen LogP contribution in [0.2, 0.25) is 0 Å². The summed E-state index contributed by atoms with van der Waals surface area (Å²) in [6.45, 7) is 12.8. The molecule has 0 fully saturated rings. The first kappa shape index (κ1) is 20.2. The lowest BCUT2D eigenvalue weighted by molar-refractivity contribution is -0.139. The molecule has 0 saturated heterocycles. The van der Waals surface area contributed by atoms with E-state index in [9.17, 15) is 4.79 Å². The topological polar surface area (TPSA) is 26.3 Å². The maximum absolute atomic E-state index is 10.7. The summed E-state index contributed by atoms with van der Waals surface area (Å²) in [4.78, 5) is 10.7. The molecule has 0 saturated carbocycles. The molecule has 0 aromatic carbocycles. The van der Waals surface area contributed by atoms with E-state index in [0.717, 1.165) is 5.57 Å². The average molecular weight is 328 g/mol. The lowest BCUT2D eigenvalue weighted by atomic mass is 9.72. The largest absolute Gasteiger partial charge is 0.462 e. The Morgan fingerprint density at radius 2 is 1.88 bits per heavy atom. The van der Waals surface area contributed by atoms with Gasteiger partial charge in [-0.05, 0) is 57.1 Å². The van der Waals surface area contributed by atoms with Crippen LogP contribution in [0, 0.1) is 5.41 Å². The first-order valence-electron chi connectivity index (χ1n) is 8.76. The predicted octanol–water partition coefficient (Wildman–Crippen LogP) is 6.08. The van der Waals surface area contributed by atoms with E-state index >= 15 is 0 Å². The van der Waals surface area contributed by atoms with E-state index in [-0.39, 0.29) is 11.4 Å². The van der Waals surface area contributed by atoms with Crippen LogP contribution in [0.4, 0.5) is 0 Å². The Hall–Kier alpha value is -1.83. The van der Waals surface area contributed by atoms with Gasteiger partial charge in [0.2, 0.25) is 0 Å². The van der Waals surface area contributed by atoms with Crippen molar-refractivity contribution in [2.24, 2.45) is 5.41 Å². The second-order valence-electron chi connectivity index (χ2n) is 7.29. The molecule has 0 unspecified atom stereocenters. The molecule has 0 bridgehead atoms. The molecule has 0 radical (unpaired) electrons. The fraction of sp³-hybridized carbons (Fsp3) is 0.500. The molecule has 0 aromatic heterocycles. The molecule has 1 aliphatic rings. The summed E-state index contributed by atoms with van der Waals surface area (Å²) in [5.41, 5.74) is 5.60. The quantitative estimate of drug-likeness (QED) is 0.436. The van der Waals surface area contributed by atoms with Gasteiger partial charge in [-0.1, -0.05) is 60.9 Å². The fourth-order valence-corrected chi connectivity index (χ4v) is 2.99. The van der Waals surface area contributed by atoms with Gasteiger partial charge in [-0.3, -0.25) is 4.79 Å². The molecule has 0 N–H and O–H groups in total. The minimum Gasteiger partial charge on any atom is -0.462 e. The minimum atomic E-state index is -0.251. The summed E-state index contributed by atoms with van der Waals surface area (Å²) in [5, 5.41) is 0. The highest BCUT2D eigenvalue weighted by Gasteiger charge is 2.26. The maximum Gasteiger partial charge on any atom is 0.302 e. The number of carbonyl (C=O) groups excluding carboxylic acids is 1. The van der Waals surface area contributed by atoms with Crippen molar-refractivity contribution in [2.75, 3.05) is 6.61 Å². The zero-order valence-corrected chi connectivity index (χ0v) is 16.1. The van der Waals surface area contributed by atoms with E-state index in [4.69, 9.17) is 4.74 Å². The SMILES string of the molecule is CC(=O)OC\C=C(C)/C=C\C=C(C)/C=C/C1=C(C)CCCC1(C)C. The van der Waals surface area contributed by atoms with Crippen LogP contribution in [0.15, 0.2) is 58.7 Å². The standard InChI is InChI=1S/C22H32O2/c1-17(9-7-10-18(2)14-16-24-20(4)23)12-13-21-19(3)11-8-15-22(21,5)6/h7,9-10,12-14H,8,11,15-16H2,1-6H3/b10-7-,13-12+,17-9-,18-14-. The number of ether oxygens (including phenoxy) is 1. The van der Waals surface area contributed by atoms with Crippen LogP contribution < -0.4 is 0 Å². The van der Waals surface area contributed by atoms with Crippen LogP contribution in [0.1, 0.15) is 60.8 Å². The molecular weight excluding hydrogens is 296 g/mol. The van der Waals surface area contributed by atoms with Crippen molar-refractivity contribution in [1.82, 2.24) is 0 Å². The third-order valence-electron chi connectivity index (χ3n) is 4.47. The minimum absolute atomic E-state index is 0.251. The highest BCUT2D eigenvalue weighted by Crippen LogP contribution is 2.40. The zero-order chi connectivity index (χ0) is 18.2. The van der Waals surface area contributed by atoms with Gasteiger partial charge in [0, 0.05) is 6.92 Å². The Morgan fingerprint density at radius 3 is 2.50 bits per heavy atom. The van der Waals surface area contributed by atoms with Crippen LogP contribution in [0.3, 0.4) is 0 Å². The summed E-state index contributed by atoms with van der Waals surface area (Å²) in [6.07, 6.45) is 16.3. The molecule has 2 heteroatoms. The predicted molar refractivity (Wildman–Crippen MR) is 103 cm³/mol. The van der Waals surface area contributed by atoms with Gasteiger partial charge >= 0.3 is 5.97 Å². The number of hydrogen-bond acceptors (Lipinski definition) is 2. The highest BCUT2D eigenvalue weighted by molar-refractivity contribution is 5.66. The molecule has 2 nitrogen and oxygen atoms in total. The Labute approximate surface area is 147 Å². The van der Waals surface area contributed by atoms with Crippen molar-refractivity contribution in [2.45, 2.75) is 60.8 Å². The third-order valence-corrected chi connectivity index (χ3v) is 4.47. The highest BCUT2D eigenvalue weighted by atomic mass is 16.5. The summed E-state index contributed by atoms with van der Waals surface area (Å²) >= 11 is 0. The van der Waals surface area contributed by atoms with Gasteiger partial charge in [0.15, 0.2) is 0 Å². The van der Waals surface area contributed by atoms with Gasteiger partial charge in [-0.25, -0.2) is 0 Å². The smallest absolute Gasteiger partial charge is 0.302 e. The molecule has 0 amide bonds. The molecule has 1 rings (SSSR count). The van der Waals surface area contributed by atoms with Crippen molar-refractivity contribution < 1.29 is 9.53 Å². The van der Waals surface area contributed by atoms with Crippen molar-refractivity contribution in [3.05, 3.63) is 58.7 Å². The Kier molecular flexibility index (Phi) is 7.97. The van der Waals surface area contributed by atoms with Crippen molar-refractivity contribution in [3.8, 4) is 0 Å². The molecule has 1 aliphatic carbocycles. The number of rotatable bonds is 6. The van der Waals surface area contributed by atoms with Crippen molar-refractivity contribution in [3.63, 3.8) is 0 Å². The van der Waals surface area contributed by atoms with Gasteiger partial charge in [0.05, 0.1) is 0 Å². The Morgan fingerprint density at radius 1 is 1.17 bits per heavy atom. The lowest BCUT2D eigenvalue weighted by Crippen LogP contribution is -2.19. The number of allylic oxidation sites excluding steroid dienone is 9. The Balaban J connectivity index is 2.67. The number of esters is 1. The van der Waals surface area contributed by atoms with Crippen LogP contribution in [0.5, 0.6) is 0 Å². The second-order valence-corrected chi connectivity index (χ2v) is 7.29. The summed E-state index contributed by atoms with van der Waals surface area (Å²) < 4.78 is 4.89. The fourth-order valence-electron chi connectivity index (χ4n) is 2.99. The maximum atomic E-state index is 10.7. The van der Waals surface area contributed by atoms with Crippen LogP contribution in [-0.4, -0.2) is 12.6 Å². The molecule has 0 atom stereocenters. The summed E-state index contributed by atoms with van der Waals surface area (Å²) in [6, 6.07) is 0. The number of hydrogen-bond donors (Lipinski definition) is 0. The first-order chi connectivity index (χ1) is 11.2. The molecule has 24 heavy (non-hydrogen) atoms. The summed E-state index contributed by atoms with van der Waals surface area (Å²) in [7, 11) is 0. The summed E-state index contributed by atoms with van der Waals surface area (Å²) in [5.74, 6) is -0.251. The van der Waals surface area contributed by atoms with Gasteiger partial charge in [-0.2, -0.15) is 0 Å². The Bertz CT molecular complexity index is 595. The third kappa shape index (κ3) is 7.16. The monoisotopic (exact) mass is 328 g/mol. The molecule has 0 aliphatic heterocycles. The normalized spacial score (nSPS) is 19.4.